The molecule has 0 heterocycles. The lowest BCUT2D eigenvalue weighted by Gasteiger charge is -2.12. The van der Waals surface area contributed by atoms with Crippen LogP contribution >= 0.6 is 24.0 Å². The molecule has 0 fully saturated rings. The molecular weight excluding hydrogens is 475 g/mol. The molecule has 0 spiro atoms. The molecule has 8 nitrogen and oxygen atoms in total. The Morgan fingerprint density at radius 2 is 1.86 bits per heavy atom. The van der Waals surface area contributed by atoms with Gasteiger partial charge in [0.2, 0.25) is 0 Å². The highest BCUT2D eigenvalue weighted by atomic mass is 127. The topological polar surface area (TPSA) is 93.2 Å². The van der Waals surface area contributed by atoms with Crippen molar-refractivity contribution < 1.29 is 19.0 Å². The number of hydrogen-bond donors (Lipinski definition) is 3. The third kappa shape index (κ3) is 12.0. The fourth-order valence-electron chi connectivity index (χ4n) is 2.17. The Hall–Kier alpha value is -1.59. The third-order valence-electron chi connectivity index (χ3n) is 3.53. The van der Waals surface area contributed by atoms with Crippen molar-refractivity contribution >= 4 is 35.8 Å². The largest absolute Gasteiger partial charge is 0.497 e. The monoisotopic (exact) mass is 508 g/mol. The quantitative estimate of drug-likeness (QED) is 0.163. The summed E-state index contributed by atoms with van der Waals surface area (Å²) in [5.41, 5.74) is 0.573. The fourth-order valence-corrected chi connectivity index (χ4v) is 2.17. The Bertz CT molecular complexity index is 573. The number of nitrogens with zero attached hydrogens (tertiary/aromatic N) is 1. The van der Waals surface area contributed by atoms with Crippen LogP contribution in [0.5, 0.6) is 5.75 Å². The number of nitrogens with one attached hydrogen (secondary N) is 3. The smallest absolute Gasteiger partial charge is 0.251 e. The molecule has 160 valence electrons. The van der Waals surface area contributed by atoms with Gasteiger partial charge in [0.1, 0.15) is 5.75 Å². The summed E-state index contributed by atoms with van der Waals surface area (Å²) in [6.45, 7) is 6.37. The number of benzene rings is 1. The van der Waals surface area contributed by atoms with E-state index in [-0.39, 0.29) is 29.9 Å². The van der Waals surface area contributed by atoms with E-state index in [1.54, 1.807) is 38.5 Å². The minimum absolute atomic E-state index is 0. The van der Waals surface area contributed by atoms with Gasteiger partial charge in [-0.25, -0.2) is 0 Å². The average molecular weight is 508 g/mol. The van der Waals surface area contributed by atoms with Gasteiger partial charge in [-0.3, -0.25) is 9.79 Å². The molecule has 0 aliphatic carbocycles. The molecule has 0 radical (unpaired) electrons. The zero-order chi connectivity index (χ0) is 19.7. The summed E-state index contributed by atoms with van der Waals surface area (Å²) in [6, 6.07) is 7.07. The standard InChI is InChI=1S/C19H32N4O4.HI/c1-4-20-19(22-9-6-12-27-14-13-25-2)23-11-10-21-18(24)16-7-5-8-17(15-16)26-3;/h5,7-8,15H,4,6,9-14H2,1-3H3,(H,21,24)(H2,20,22,23);1H. The van der Waals surface area contributed by atoms with Crippen molar-refractivity contribution in [1.82, 2.24) is 16.0 Å². The van der Waals surface area contributed by atoms with Crippen LogP contribution in [0.3, 0.4) is 0 Å². The molecule has 0 saturated carbocycles. The zero-order valence-corrected chi connectivity index (χ0v) is 19.3. The van der Waals surface area contributed by atoms with Gasteiger partial charge in [0.25, 0.3) is 5.91 Å². The van der Waals surface area contributed by atoms with Crippen molar-refractivity contribution in [3.63, 3.8) is 0 Å². The predicted octanol–water partition coefficient (Wildman–Crippen LogP) is 1.65. The molecule has 0 bridgehead atoms. The van der Waals surface area contributed by atoms with Gasteiger partial charge in [-0.1, -0.05) is 6.07 Å². The van der Waals surface area contributed by atoms with E-state index >= 15 is 0 Å². The second-order valence-corrected chi connectivity index (χ2v) is 5.63. The number of amides is 1. The fraction of sp³-hybridized carbons (Fsp3) is 0.579. The molecule has 9 heteroatoms. The first-order valence-electron chi connectivity index (χ1n) is 9.22. The summed E-state index contributed by atoms with van der Waals surface area (Å²) in [4.78, 5) is 16.6. The third-order valence-corrected chi connectivity index (χ3v) is 3.53. The second kappa shape index (κ2) is 17.5. The normalized spacial score (nSPS) is 10.8. The second-order valence-electron chi connectivity index (χ2n) is 5.63. The number of aliphatic imine (C=N–C) groups is 1. The van der Waals surface area contributed by atoms with Gasteiger partial charge in [0.05, 0.1) is 20.3 Å². The van der Waals surface area contributed by atoms with Crippen LogP contribution in [0.4, 0.5) is 0 Å². The summed E-state index contributed by atoms with van der Waals surface area (Å²) in [6.07, 6.45) is 0.840. The van der Waals surface area contributed by atoms with E-state index in [1.807, 2.05) is 6.92 Å². The van der Waals surface area contributed by atoms with E-state index in [0.29, 0.717) is 50.8 Å². The lowest BCUT2D eigenvalue weighted by molar-refractivity contribution is 0.0702. The van der Waals surface area contributed by atoms with E-state index in [9.17, 15) is 4.79 Å². The molecular formula is C19H33IN4O4. The zero-order valence-electron chi connectivity index (χ0n) is 17.0. The van der Waals surface area contributed by atoms with Crippen molar-refractivity contribution in [3.8, 4) is 5.75 Å². The van der Waals surface area contributed by atoms with Crippen LogP contribution in [0.1, 0.15) is 23.7 Å². The van der Waals surface area contributed by atoms with Crippen molar-refractivity contribution in [3.05, 3.63) is 29.8 Å². The maximum Gasteiger partial charge on any atom is 0.251 e. The minimum Gasteiger partial charge on any atom is -0.497 e. The molecule has 0 aliphatic heterocycles. The van der Waals surface area contributed by atoms with Crippen LogP contribution < -0.4 is 20.7 Å². The first-order valence-corrected chi connectivity index (χ1v) is 9.22. The van der Waals surface area contributed by atoms with Gasteiger partial charge in [0, 0.05) is 45.5 Å². The summed E-state index contributed by atoms with van der Waals surface area (Å²) in [7, 11) is 3.23. The van der Waals surface area contributed by atoms with Crippen molar-refractivity contribution in [2.75, 3.05) is 60.2 Å². The van der Waals surface area contributed by atoms with Gasteiger partial charge in [-0.2, -0.15) is 0 Å². The van der Waals surface area contributed by atoms with Gasteiger partial charge in [-0.15, -0.1) is 24.0 Å². The summed E-state index contributed by atoms with van der Waals surface area (Å²) < 4.78 is 15.5. The summed E-state index contributed by atoms with van der Waals surface area (Å²) in [5, 5.41) is 9.25. The highest BCUT2D eigenvalue weighted by Crippen LogP contribution is 2.12. The average Bonchev–Trinajstić information content (AvgIpc) is 2.70. The number of guanidine groups is 1. The molecule has 0 saturated heterocycles. The SMILES string of the molecule is CCNC(=NCCCOCCOC)NCCNC(=O)c1cccc(OC)c1.I. The van der Waals surface area contributed by atoms with Crippen LogP contribution in [0.15, 0.2) is 29.3 Å². The number of ether oxygens (including phenoxy) is 3. The van der Waals surface area contributed by atoms with E-state index in [0.717, 1.165) is 18.9 Å². The van der Waals surface area contributed by atoms with Crippen LogP contribution in [-0.2, 0) is 9.47 Å². The Morgan fingerprint density at radius 1 is 1.07 bits per heavy atom. The number of carbonyl (C=O) groups is 1. The molecule has 0 unspecified atom stereocenters. The summed E-state index contributed by atoms with van der Waals surface area (Å²) in [5.74, 6) is 1.25. The number of methoxy groups -OCH3 is 2. The first kappa shape index (κ1) is 26.4. The molecule has 1 aromatic rings. The highest BCUT2D eigenvalue weighted by Gasteiger charge is 2.06. The molecule has 0 atom stereocenters. The number of carbonyl (C=O) groups excluding carboxylic acids is 1. The van der Waals surface area contributed by atoms with Gasteiger partial charge < -0.3 is 30.2 Å². The Balaban J connectivity index is 0.00000729. The molecule has 28 heavy (non-hydrogen) atoms. The van der Waals surface area contributed by atoms with Gasteiger partial charge in [-0.05, 0) is 31.5 Å². The van der Waals surface area contributed by atoms with Crippen LogP contribution in [-0.4, -0.2) is 72.1 Å². The number of halogens is 1. The minimum atomic E-state index is -0.133. The Morgan fingerprint density at radius 3 is 2.57 bits per heavy atom. The Labute approximate surface area is 184 Å². The van der Waals surface area contributed by atoms with E-state index < -0.39 is 0 Å². The van der Waals surface area contributed by atoms with Crippen molar-refractivity contribution in [1.29, 1.82) is 0 Å². The number of rotatable bonds is 13. The number of hydrogen-bond acceptors (Lipinski definition) is 5. The summed E-state index contributed by atoms with van der Waals surface area (Å²) >= 11 is 0. The van der Waals surface area contributed by atoms with Gasteiger partial charge >= 0.3 is 0 Å². The molecule has 1 amide bonds. The van der Waals surface area contributed by atoms with Crippen LogP contribution in [0.2, 0.25) is 0 Å². The van der Waals surface area contributed by atoms with E-state index in [1.165, 1.54) is 0 Å². The van der Waals surface area contributed by atoms with Gasteiger partial charge in [0.15, 0.2) is 5.96 Å². The van der Waals surface area contributed by atoms with Crippen molar-refractivity contribution in [2.24, 2.45) is 4.99 Å². The highest BCUT2D eigenvalue weighted by molar-refractivity contribution is 14.0. The molecule has 1 rings (SSSR count). The molecule has 0 aromatic heterocycles. The van der Waals surface area contributed by atoms with Crippen molar-refractivity contribution in [2.45, 2.75) is 13.3 Å². The van der Waals surface area contributed by atoms with Crippen LogP contribution in [0, 0.1) is 0 Å². The lowest BCUT2D eigenvalue weighted by Crippen LogP contribution is -2.41. The lowest BCUT2D eigenvalue weighted by atomic mass is 10.2. The molecule has 0 aliphatic rings. The maximum atomic E-state index is 12.1. The molecule has 3 N–H and O–H groups in total. The van der Waals surface area contributed by atoms with E-state index in [2.05, 4.69) is 20.9 Å². The molecule has 1 aromatic carbocycles. The predicted molar refractivity (Wildman–Crippen MR) is 122 cm³/mol. The maximum absolute atomic E-state index is 12.1. The van der Waals surface area contributed by atoms with Crippen LogP contribution in [0.25, 0.3) is 0 Å². The first-order chi connectivity index (χ1) is 13.2. The van der Waals surface area contributed by atoms with E-state index in [4.69, 9.17) is 14.2 Å². The Kier molecular flexibility index (Phi) is 16.5.